The van der Waals surface area contributed by atoms with Crippen LogP contribution in [0.4, 0.5) is 10.1 Å². The first kappa shape index (κ1) is 14.3. The Morgan fingerprint density at radius 2 is 2.16 bits per heavy atom. The second-order valence-corrected chi connectivity index (χ2v) is 6.81. The van der Waals surface area contributed by atoms with Gasteiger partial charge in [0.1, 0.15) is 5.82 Å². The molecule has 1 heterocycles. The maximum absolute atomic E-state index is 13.2. The summed E-state index contributed by atoms with van der Waals surface area (Å²) < 4.78 is 39.7. The third kappa shape index (κ3) is 4.47. The lowest BCUT2D eigenvalue weighted by Crippen LogP contribution is -2.40. The van der Waals surface area contributed by atoms with Crippen molar-refractivity contribution in [3.63, 3.8) is 0 Å². The molecule has 0 aromatic heterocycles. The van der Waals surface area contributed by atoms with Crippen LogP contribution in [0.5, 0.6) is 0 Å². The summed E-state index contributed by atoms with van der Waals surface area (Å²) in [5, 5.41) is 3.19. The summed E-state index contributed by atoms with van der Waals surface area (Å²) in [6, 6.07) is 4.16. The summed E-state index contributed by atoms with van der Waals surface area (Å²) in [4.78, 5) is 0. The van der Waals surface area contributed by atoms with E-state index in [0.29, 0.717) is 5.56 Å². The Kier molecular flexibility index (Phi) is 4.42. The Balaban J connectivity index is 2.03. The third-order valence-electron chi connectivity index (χ3n) is 3.15. The highest BCUT2D eigenvalue weighted by Gasteiger charge is 2.21. The minimum Gasteiger partial charge on any atom is -0.313 e. The van der Waals surface area contributed by atoms with Crippen molar-refractivity contribution in [1.29, 1.82) is 0 Å². The molecule has 6 heteroatoms. The van der Waals surface area contributed by atoms with Gasteiger partial charge in [0.05, 0.1) is 11.4 Å². The van der Waals surface area contributed by atoms with Crippen molar-refractivity contribution in [2.75, 3.05) is 17.0 Å². The Labute approximate surface area is 113 Å². The first-order valence-electron chi connectivity index (χ1n) is 6.46. The SMILES string of the molecule is Cc1cc(F)cc(NS(=O)(=O)CC2CCCCN2)c1. The molecule has 0 saturated carbocycles. The highest BCUT2D eigenvalue weighted by Crippen LogP contribution is 2.16. The minimum absolute atomic E-state index is 0.0130. The van der Waals surface area contributed by atoms with Crippen LogP contribution < -0.4 is 10.0 Å². The van der Waals surface area contributed by atoms with E-state index in [-0.39, 0.29) is 17.5 Å². The Hall–Kier alpha value is -1.14. The van der Waals surface area contributed by atoms with E-state index in [1.165, 1.54) is 12.1 Å². The summed E-state index contributed by atoms with van der Waals surface area (Å²) in [6.07, 6.45) is 3.00. The minimum atomic E-state index is -3.45. The average molecular weight is 286 g/mol. The molecule has 1 aliphatic heterocycles. The van der Waals surface area contributed by atoms with Gasteiger partial charge in [-0.15, -0.1) is 0 Å². The van der Waals surface area contributed by atoms with Crippen LogP contribution in [0.25, 0.3) is 0 Å². The summed E-state index contributed by atoms with van der Waals surface area (Å²) in [5.41, 5.74) is 0.974. The van der Waals surface area contributed by atoms with Crippen LogP contribution in [-0.2, 0) is 10.0 Å². The van der Waals surface area contributed by atoms with Crippen LogP contribution in [-0.4, -0.2) is 26.8 Å². The standard InChI is InChI=1S/C13H19FN2O2S/c1-10-6-11(14)8-13(7-10)16-19(17,18)9-12-4-2-3-5-15-12/h6-8,12,15-16H,2-5,9H2,1H3. The molecule has 1 aromatic rings. The van der Waals surface area contributed by atoms with E-state index < -0.39 is 15.8 Å². The fourth-order valence-corrected chi connectivity index (χ4v) is 3.72. The second-order valence-electron chi connectivity index (χ2n) is 5.05. The van der Waals surface area contributed by atoms with Crippen molar-refractivity contribution in [3.8, 4) is 0 Å². The molecular weight excluding hydrogens is 267 g/mol. The zero-order valence-corrected chi connectivity index (χ0v) is 11.8. The highest BCUT2D eigenvalue weighted by molar-refractivity contribution is 7.92. The van der Waals surface area contributed by atoms with Gasteiger partial charge in [-0.2, -0.15) is 0 Å². The van der Waals surface area contributed by atoms with Crippen LogP contribution in [0, 0.1) is 12.7 Å². The summed E-state index contributed by atoms with van der Waals surface area (Å²) in [7, 11) is -3.45. The predicted molar refractivity (Wildman–Crippen MR) is 74.2 cm³/mol. The van der Waals surface area contributed by atoms with E-state index in [1.807, 2.05) is 0 Å². The number of piperidine rings is 1. The monoisotopic (exact) mass is 286 g/mol. The van der Waals surface area contributed by atoms with Gasteiger partial charge >= 0.3 is 0 Å². The smallest absolute Gasteiger partial charge is 0.234 e. The third-order valence-corrected chi connectivity index (χ3v) is 4.54. The van der Waals surface area contributed by atoms with Crippen molar-refractivity contribution < 1.29 is 12.8 Å². The number of hydrogen-bond acceptors (Lipinski definition) is 3. The second kappa shape index (κ2) is 5.88. The molecule has 0 bridgehead atoms. The number of halogens is 1. The van der Waals surface area contributed by atoms with Crippen LogP contribution in [0.2, 0.25) is 0 Å². The zero-order valence-electron chi connectivity index (χ0n) is 10.9. The summed E-state index contributed by atoms with van der Waals surface area (Å²) in [6.45, 7) is 2.59. The summed E-state index contributed by atoms with van der Waals surface area (Å²) in [5.74, 6) is -0.406. The molecule has 1 unspecified atom stereocenters. The molecule has 1 fully saturated rings. The van der Waals surface area contributed by atoms with Gasteiger partial charge in [0.25, 0.3) is 0 Å². The van der Waals surface area contributed by atoms with Crippen LogP contribution >= 0.6 is 0 Å². The molecule has 0 amide bonds. The lowest BCUT2D eigenvalue weighted by molar-refractivity contribution is 0.424. The number of anilines is 1. The van der Waals surface area contributed by atoms with Gasteiger partial charge < -0.3 is 5.32 Å². The Bertz CT molecular complexity index is 519. The first-order valence-corrected chi connectivity index (χ1v) is 8.11. The van der Waals surface area contributed by atoms with Gasteiger partial charge in [-0.25, -0.2) is 12.8 Å². The molecule has 2 rings (SSSR count). The molecule has 0 radical (unpaired) electrons. The van der Waals surface area contributed by atoms with E-state index in [4.69, 9.17) is 0 Å². The molecule has 0 spiro atoms. The molecule has 4 nitrogen and oxygen atoms in total. The van der Waals surface area contributed by atoms with Crippen molar-refractivity contribution >= 4 is 15.7 Å². The maximum Gasteiger partial charge on any atom is 0.234 e. The normalized spacial score (nSPS) is 20.2. The van der Waals surface area contributed by atoms with Crippen LogP contribution in [0.1, 0.15) is 24.8 Å². The molecule has 1 atom stereocenters. The number of aryl methyl sites for hydroxylation is 1. The Morgan fingerprint density at radius 1 is 1.37 bits per heavy atom. The number of benzene rings is 1. The number of rotatable bonds is 4. The van der Waals surface area contributed by atoms with E-state index in [1.54, 1.807) is 13.0 Å². The summed E-state index contributed by atoms with van der Waals surface area (Å²) >= 11 is 0. The number of nitrogens with one attached hydrogen (secondary N) is 2. The van der Waals surface area contributed by atoms with Gasteiger partial charge in [0, 0.05) is 6.04 Å². The lowest BCUT2D eigenvalue weighted by atomic mass is 10.1. The average Bonchev–Trinajstić information content (AvgIpc) is 2.27. The quantitative estimate of drug-likeness (QED) is 0.890. The highest BCUT2D eigenvalue weighted by atomic mass is 32.2. The molecular formula is C13H19FN2O2S. The fourth-order valence-electron chi connectivity index (χ4n) is 2.35. The van der Waals surface area contributed by atoms with Gasteiger partial charge in [0.15, 0.2) is 0 Å². The predicted octanol–water partition coefficient (Wildman–Crippen LogP) is 2.02. The Morgan fingerprint density at radius 3 is 2.79 bits per heavy atom. The fraction of sp³-hybridized carbons (Fsp3) is 0.538. The number of sulfonamides is 1. The zero-order chi connectivity index (χ0) is 13.9. The topological polar surface area (TPSA) is 58.2 Å². The first-order chi connectivity index (χ1) is 8.94. The molecule has 0 aliphatic carbocycles. The van der Waals surface area contributed by atoms with E-state index in [0.717, 1.165) is 25.8 Å². The van der Waals surface area contributed by atoms with E-state index in [2.05, 4.69) is 10.0 Å². The molecule has 1 aliphatic rings. The molecule has 1 aromatic carbocycles. The lowest BCUT2D eigenvalue weighted by Gasteiger charge is -2.23. The van der Waals surface area contributed by atoms with Crippen molar-refractivity contribution in [3.05, 3.63) is 29.6 Å². The maximum atomic E-state index is 13.2. The van der Waals surface area contributed by atoms with Crippen molar-refractivity contribution in [1.82, 2.24) is 5.32 Å². The van der Waals surface area contributed by atoms with Crippen molar-refractivity contribution in [2.45, 2.75) is 32.2 Å². The van der Waals surface area contributed by atoms with Crippen LogP contribution in [0.3, 0.4) is 0 Å². The number of hydrogen-bond donors (Lipinski definition) is 2. The van der Waals surface area contributed by atoms with E-state index in [9.17, 15) is 12.8 Å². The van der Waals surface area contributed by atoms with Crippen LogP contribution in [0.15, 0.2) is 18.2 Å². The van der Waals surface area contributed by atoms with E-state index >= 15 is 0 Å². The van der Waals surface area contributed by atoms with Crippen molar-refractivity contribution in [2.24, 2.45) is 0 Å². The molecule has 2 N–H and O–H groups in total. The van der Waals surface area contributed by atoms with Gasteiger partial charge in [0.2, 0.25) is 10.0 Å². The molecule has 106 valence electrons. The van der Waals surface area contributed by atoms with Gasteiger partial charge in [-0.05, 0) is 50.1 Å². The largest absolute Gasteiger partial charge is 0.313 e. The van der Waals surface area contributed by atoms with Gasteiger partial charge in [-0.1, -0.05) is 6.42 Å². The van der Waals surface area contributed by atoms with Gasteiger partial charge in [-0.3, -0.25) is 4.72 Å². The molecule has 19 heavy (non-hydrogen) atoms. The molecule has 1 saturated heterocycles.